The van der Waals surface area contributed by atoms with Crippen LogP contribution in [0.25, 0.3) is 0 Å². The van der Waals surface area contributed by atoms with Crippen LogP contribution in [0, 0.1) is 18.3 Å². The fraction of sp³-hybridized carbons (Fsp3) is 0.167. The van der Waals surface area contributed by atoms with Crippen molar-refractivity contribution < 1.29 is 14.3 Å². The van der Waals surface area contributed by atoms with Gasteiger partial charge in [0.05, 0.1) is 18.2 Å². The van der Waals surface area contributed by atoms with Gasteiger partial charge in [-0.05, 0) is 25.1 Å². The Morgan fingerprint density at radius 1 is 1.13 bits per heavy atom. The first-order valence-corrected chi connectivity index (χ1v) is 7.19. The molecule has 0 N–H and O–H groups in total. The largest absolute Gasteiger partial charge is 0.440 e. The number of anilines is 1. The van der Waals surface area contributed by atoms with Gasteiger partial charge in [-0.3, -0.25) is 4.79 Å². The highest BCUT2D eigenvalue weighted by molar-refractivity contribution is 6.20. The van der Waals surface area contributed by atoms with Gasteiger partial charge in [0, 0.05) is 11.1 Å². The second kappa shape index (κ2) is 5.93. The minimum atomic E-state index is -0.768. The topological polar surface area (TPSA) is 70.4 Å². The average Bonchev–Trinajstić information content (AvgIpc) is 2.65. The Balaban J connectivity index is 2.11. The molecule has 0 radical (unpaired) electrons. The molecule has 5 heteroatoms. The van der Waals surface area contributed by atoms with Gasteiger partial charge in [0.1, 0.15) is 6.10 Å². The van der Waals surface area contributed by atoms with Crippen molar-refractivity contribution in [1.82, 2.24) is 0 Å². The first kappa shape index (κ1) is 14.8. The molecule has 5 nitrogen and oxygen atoms in total. The van der Waals surface area contributed by atoms with Crippen LogP contribution in [0.15, 0.2) is 48.5 Å². The Labute approximate surface area is 133 Å². The van der Waals surface area contributed by atoms with Gasteiger partial charge in [-0.15, -0.1) is 0 Å². The molecule has 1 heterocycles. The van der Waals surface area contributed by atoms with Crippen molar-refractivity contribution in [3.8, 4) is 6.07 Å². The number of carbonyl (C=O) groups excluding carboxylic acids is 2. The SMILES string of the molecule is Cc1ccc(N2C(=O)OC(CC#N)c3ccccc3C2=O)cc1. The lowest BCUT2D eigenvalue weighted by molar-refractivity contribution is 0.0944. The van der Waals surface area contributed by atoms with Crippen LogP contribution in [0.3, 0.4) is 0 Å². The number of ether oxygens (including phenoxy) is 1. The van der Waals surface area contributed by atoms with Crippen LogP contribution in [0.5, 0.6) is 0 Å². The summed E-state index contributed by atoms with van der Waals surface area (Å²) in [4.78, 5) is 26.3. The van der Waals surface area contributed by atoms with Gasteiger partial charge in [-0.1, -0.05) is 35.9 Å². The Morgan fingerprint density at radius 2 is 1.83 bits per heavy atom. The van der Waals surface area contributed by atoms with Crippen LogP contribution in [-0.2, 0) is 4.74 Å². The number of amides is 2. The molecule has 0 aromatic heterocycles. The number of nitriles is 1. The van der Waals surface area contributed by atoms with Crippen molar-refractivity contribution in [2.45, 2.75) is 19.4 Å². The van der Waals surface area contributed by atoms with Crippen molar-refractivity contribution >= 4 is 17.7 Å². The molecule has 2 aromatic rings. The van der Waals surface area contributed by atoms with E-state index in [0.717, 1.165) is 10.5 Å². The summed E-state index contributed by atoms with van der Waals surface area (Å²) in [6.07, 6.45) is -1.52. The zero-order valence-electron chi connectivity index (χ0n) is 12.5. The van der Waals surface area contributed by atoms with E-state index in [1.807, 2.05) is 25.1 Å². The van der Waals surface area contributed by atoms with E-state index in [0.29, 0.717) is 16.8 Å². The Hall–Kier alpha value is -3.13. The van der Waals surface area contributed by atoms with E-state index in [2.05, 4.69) is 0 Å². The zero-order chi connectivity index (χ0) is 16.4. The van der Waals surface area contributed by atoms with Gasteiger partial charge in [0.2, 0.25) is 0 Å². The van der Waals surface area contributed by atoms with E-state index in [9.17, 15) is 9.59 Å². The number of hydrogen-bond donors (Lipinski definition) is 0. The van der Waals surface area contributed by atoms with Crippen molar-refractivity contribution in [3.63, 3.8) is 0 Å². The number of nitrogens with zero attached hydrogens (tertiary/aromatic N) is 2. The summed E-state index contributed by atoms with van der Waals surface area (Å²) in [5.74, 6) is -0.449. The second-order valence-electron chi connectivity index (χ2n) is 5.30. The van der Waals surface area contributed by atoms with Crippen molar-refractivity contribution in [1.29, 1.82) is 5.26 Å². The number of fused-ring (bicyclic) bond motifs is 1. The smallest absolute Gasteiger partial charge is 0.422 e. The lowest BCUT2D eigenvalue weighted by Crippen LogP contribution is -2.35. The summed E-state index contributed by atoms with van der Waals surface area (Å²) in [6.45, 7) is 1.92. The number of cyclic esters (lactones) is 1. The van der Waals surface area contributed by atoms with E-state index in [1.165, 1.54) is 0 Å². The monoisotopic (exact) mass is 306 g/mol. The molecule has 0 spiro atoms. The lowest BCUT2D eigenvalue weighted by atomic mass is 10.00. The van der Waals surface area contributed by atoms with Crippen molar-refractivity contribution in [3.05, 3.63) is 65.2 Å². The molecule has 0 fully saturated rings. The number of rotatable bonds is 2. The first-order valence-electron chi connectivity index (χ1n) is 7.19. The summed E-state index contributed by atoms with van der Waals surface area (Å²) >= 11 is 0. The summed E-state index contributed by atoms with van der Waals surface area (Å²) in [5, 5.41) is 8.96. The van der Waals surface area contributed by atoms with Crippen LogP contribution in [0.2, 0.25) is 0 Å². The minimum Gasteiger partial charge on any atom is -0.440 e. The summed E-state index contributed by atoms with van der Waals surface area (Å²) in [7, 11) is 0. The molecule has 3 rings (SSSR count). The standard InChI is InChI=1S/C18H14N2O3/c1-12-6-8-13(9-7-12)20-17(21)15-5-3-2-4-14(15)16(10-11-19)23-18(20)22/h2-9,16H,10H2,1H3. The van der Waals surface area contributed by atoms with Gasteiger partial charge in [0.25, 0.3) is 5.91 Å². The van der Waals surface area contributed by atoms with E-state index >= 15 is 0 Å². The highest BCUT2D eigenvalue weighted by Crippen LogP contribution is 2.32. The number of benzene rings is 2. The van der Waals surface area contributed by atoms with Crippen LogP contribution in [0.4, 0.5) is 10.5 Å². The van der Waals surface area contributed by atoms with Gasteiger partial charge >= 0.3 is 6.09 Å². The Kier molecular flexibility index (Phi) is 3.82. The number of carbonyl (C=O) groups is 2. The molecule has 114 valence electrons. The molecule has 2 amide bonds. The van der Waals surface area contributed by atoms with E-state index in [4.69, 9.17) is 10.00 Å². The highest BCUT2D eigenvalue weighted by atomic mass is 16.6. The van der Waals surface area contributed by atoms with Crippen LogP contribution >= 0.6 is 0 Å². The second-order valence-corrected chi connectivity index (χ2v) is 5.30. The molecular formula is C18H14N2O3. The maximum absolute atomic E-state index is 12.8. The van der Waals surface area contributed by atoms with Crippen LogP contribution in [0.1, 0.15) is 34.0 Å². The van der Waals surface area contributed by atoms with Crippen molar-refractivity contribution in [2.75, 3.05) is 4.90 Å². The molecule has 0 aliphatic carbocycles. The number of imide groups is 1. The van der Waals surface area contributed by atoms with E-state index in [1.54, 1.807) is 36.4 Å². The predicted molar refractivity (Wildman–Crippen MR) is 83.9 cm³/mol. The number of hydrogen-bond acceptors (Lipinski definition) is 4. The molecule has 0 saturated heterocycles. The fourth-order valence-electron chi connectivity index (χ4n) is 2.56. The quantitative estimate of drug-likeness (QED) is 0.847. The minimum absolute atomic E-state index is 0.00221. The van der Waals surface area contributed by atoms with Gasteiger partial charge < -0.3 is 4.74 Å². The molecule has 1 aliphatic heterocycles. The van der Waals surface area contributed by atoms with Crippen LogP contribution < -0.4 is 4.90 Å². The summed E-state index contributed by atoms with van der Waals surface area (Å²) in [5.41, 5.74) is 2.39. The highest BCUT2D eigenvalue weighted by Gasteiger charge is 2.35. The third-order valence-electron chi connectivity index (χ3n) is 3.74. The molecule has 23 heavy (non-hydrogen) atoms. The van der Waals surface area contributed by atoms with Crippen molar-refractivity contribution in [2.24, 2.45) is 0 Å². The summed E-state index contributed by atoms with van der Waals surface area (Å²) in [6, 6.07) is 15.9. The molecule has 1 atom stereocenters. The molecule has 1 aliphatic rings. The van der Waals surface area contributed by atoms with Crippen LogP contribution in [-0.4, -0.2) is 12.0 Å². The summed E-state index contributed by atoms with van der Waals surface area (Å²) < 4.78 is 5.39. The lowest BCUT2D eigenvalue weighted by Gasteiger charge is -2.18. The number of aryl methyl sites for hydroxylation is 1. The third kappa shape index (κ3) is 2.67. The molecule has 0 saturated carbocycles. The zero-order valence-corrected chi connectivity index (χ0v) is 12.5. The van der Waals surface area contributed by atoms with E-state index in [-0.39, 0.29) is 6.42 Å². The predicted octanol–water partition coefficient (Wildman–Crippen LogP) is 3.75. The fourth-order valence-corrected chi connectivity index (χ4v) is 2.56. The van der Waals surface area contributed by atoms with Gasteiger partial charge in [-0.2, -0.15) is 5.26 Å². The van der Waals surface area contributed by atoms with Gasteiger partial charge in [0.15, 0.2) is 0 Å². The normalized spacial score (nSPS) is 17.0. The third-order valence-corrected chi connectivity index (χ3v) is 3.74. The maximum Gasteiger partial charge on any atom is 0.422 e. The molecule has 0 bridgehead atoms. The molecule has 2 aromatic carbocycles. The maximum atomic E-state index is 12.8. The first-order chi connectivity index (χ1) is 11.1. The molecule has 1 unspecified atom stereocenters. The Morgan fingerprint density at radius 3 is 2.52 bits per heavy atom. The average molecular weight is 306 g/mol. The molecular weight excluding hydrogens is 292 g/mol. The van der Waals surface area contributed by atoms with Gasteiger partial charge in [-0.25, -0.2) is 9.69 Å². The van der Waals surface area contributed by atoms with E-state index < -0.39 is 18.1 Å². The Bertz CT molecular complexity index is 806.